The molecule has 1 unspecified atom stereocenters. The molecule has 24 heavy (non-hydrogen) atoms. The molecular formula is C17H22FN3O2S. The number of aryl methyl sites for hydroxylation is 1. The van der Waals surface area contributed by atoms with E-state index in [0.717, 1.165) is 0 Å². The molecule has 0 aliphatic carbocycles. The largest absolute Gasteiger partial charge is 0.353 e. The van der Waals surface area contributed by atoms with E-state index in [2.05, 4.69) is 29.3 Å². The minimum absolute atomic E-state index is 0.0125. The highest BCUT2D eigenvalue weighted by Gasteiger charge is 2.13. The van der Waals surface area contributed by atoms with Gasteiger partial charge < -0.3 is 9.84 Å². The van der Waals surface area contributed by atoms with E-state index in [1.165, 1.54) is 17.8 Å². The number of halogens is 1. The van der Waals surface area contributed by atoms with Gasteiger partial charge in [-0.05, 0) is 31.4 Å². The van der Waals surface area contributed by atoms with Crippen molar-refractivity contribution in [1.82, 2.24) is 15.5 Å². The van der Waals surface area contributed by atoms with E-state index >= 15 is 0 Å². The molecule has 0 aliphatic rings. The van der Waals surface area contributed by atoms with Crippen molar-refractivity contribution in [3.05, 3.63) is 35.5 Å². The fraction of sp³-hybridized carbons (Fsp3) is 0.471. The zero-order valence-electron chi connectivity index (χ0n) is 14.3. The molecule has 0 fully saturated rings. The van der Waals surface area contributed by atoms with Crippen LogP contribution in [0.1, 0.15) is 32.2 Å². The molecule has 1 N–H and O–H groups in total. The third-order valence-corrected chi connectivity index (χ3v) is 4.66. The molecule has 5 nitrogen and oxygen atoms in total. The Morgan fingerprint density at radius 1 is 1.38 bits per heavy atom. The lowest BCUT2D eigenvalue weighted by Gasteiger charge is -2.16. The van der Waals surface area contributed by atoms with Gasteiger partial charge in [0.05, 0.1) is 11.5 Å². The Balaban J connectivity index is 1.86. The molecule has 0 saturated carbocycles. The van der Waals surface area contributed by atoms with Gasteiger partial charge in [0.25, 0.3) is 0 Å². The Hall–Kier alpha value is -1.89. The van der Waals surface area contributed by atoms with E-state index in [0.29, 0.717) is 40.3 Å². The Morgan fingerprint density at radius 3 is 2.79 bits per heavy atom. The van der Waals surface area contributed by atoms with Gasteiger partial charge >= 0.3 is 0 Å². The van der Waals surface area contributed by atoms with Gasteiger partial charge in [-0.25, -0.2) is 4.39 Å². The van der Waals surface area contributed by atoms with Crippen molar-refractivity contribution in [2.75, 3.05) is 5.75 Å². The summed E-state index contributed by atoms with van der Waals surface area (Å²) in [6.45, 7) is 7.80. The zero-order chi connectivity index (χ0) is 17.7. The minimum atomic E-state index is -0.302. The molecule has 2 aromatic rings. The van der Waals surface area contributed by atoms with Crippen LogP contribution in [0.5, 0.6) is 0 Å². The number of carbonyl (C=O) groups is 1. The van der Waals surface area contributed by atoms with Crippen LogP contribution in [0.4, 0.5) is 4.39 Å². The number of hydrogen-bond donors (Lipinski definition) is 1. The van der Waals surface area contributed by atoms with Gasteiger partial charge in [-0.3, -0.25) is 4.79 Å². The lowest BCUT2D eigenvalue weighted by molar-refractivity contribution is -0.119. The highest BCUT2D eigenvalue weighted by molar-refractivity contribution is 7.99. The topological polar surface area (TPSA) is 68.0 Å². The van der Waals surface area contributed by atoms with Crippen molar-refractivity contribution in [3.63, 3.8) is 0 Å². The van der Waals surface area contributed by atoms with E-state index < -0.39 is 0 Å². The molecule has 0 bridgehead atoms. The fourth-order valence-corrected chi connectivity index (χ4v) is 2.52. The highest BCUT2D eigenvalue weighted by atomic mass is 32.2. The first kappa shape index (κ1) is 18.4. The number of aromatic nitrogens is 2. The summed E-state index contributed by atoms with van der Waals surface area (Å²) in [5, 5.41) is 6.80. The first-order chi connectivity index (χ1) is 11.4. The minimum Gasteiger partial charge on any atom is -0.353 e. The van der Waals surface area contributed by atoms with Crippen molar-refractivity contribution in [1.29, 1.82) is 0 Å². The third-order valence-electron chi connectivity index (χ3n) is 3.75. The van der Waals surface area contributed by atoms with Crippen LogP contribution in [-0.4, -0.2) is 27.8 Å². The Kier molecular flexibility index (Phi) is 6.36. The van der Waals surface area contributed by atoms with Gasteiger partial charge in [0, 0.05) is 11.6 Å². The second kappa shape index (κ2) is 8.28. The normalized spacial score (nSPS) is 12.4. The molecule has 0 spiro atoms. The van der Waals surface area contributed by atoms with Crippen molar-refractivity contribution >= 4 is 17.7 Å². The number of rotatable bonds is 7. The molecule has 0 aliphatic heterocycles. The molecule has 130 valence electrons. The first-order valence-electron chi connectivity index (χ1n) is 7.83. The smallest absolute Gasteiger partial charge is 0.236 e. The summed E-state index contributed by atoms with van der Waals surface area (Å²) in [5.41, 5.74) is 1.14. The maximum atomic E-state index is 13.6. The molecule has 0 saturated heterocycles. The van der Waals surface area contributed by atoms with E-state index in [1.54, 1.807) is 19.1 Å². The number of thioether (sulfide) groups is 1. The van der Waals surface area contributed by atoms with E-state index in [-0.39, 0.29) is 17.8 Å². The summed E-state index contributed by atoms with van der Waals surface area (Å²) in [5.74, 6) is 1.61. The summed E-state index contributed by atoms with van der Waals surface area (Å²) < 4.78 is 18.7. The predicted molar refractivity (Wildman–Crippen MR) is 93.0 cm³/mol. The van der Waals surface area contributed by atoms with Crippen LogP contribution in [-0.2, 0) is 10.5 Å². The molecule has 1 atom stereocenters. The number of nitrogens with zero attached hydrogens (tertiary/aromatic N) is 2. The molecular weight excluding hydrogens is 329 g/mol. The molecule has 7 heteroatoms. The van der Waals surface area contributed by atoms with Crippen LogP contribution in [0.25, 0.3) is 11.4 Å². The Morgan fingerprint density at radius 2 is 2.12 bits per heavy atom. The zero-order valence-corrected chi connectivity index (χ0v) is 15.1. The molecule has 1 aromatic carbocycles. The van der Waals surface area contributed by atoms with Gasteiger partial charge in [-0.15, -0.1) is 11.8 Å². The van der Waals surface area contributed by atoms with Gasteiger partial charge in [-0.1, -0.05) is 31.1 Å². The predicted octanol–water partition coefficient (Wildman–Crippen LogP) is 3.58. The fourth-order valence-electron chi connectivity index (χ4n) is 1.86. The standard InChI is InChI=1S/C17H22FN3O2S/c1-10(2)12(4)19-15(22)8-24-9-16-20-17(21-23-16)13-6-5-11(3)14(18)7-13/h5-7,10,12H,8-9H2,1-4H3,(H,19,22). The van der Waals surface area contributed by atoms with Crippen LogP contribution < -0.4 is 5.32 Å². The maximum Gasteiger partial charge on any atom is 0.236 e. The summed E-state index contributed by atoms with van der Waals surface area (Å²) in [4.78, 5) is 16.0. The van der Waals surface area contributed by atoms with Gasteiger partial charge in [0.2, 0.25) is 17.6 Å². The van der Waals surface area contributed by atoms with Gasteiger partial charge in [0.1, 0.15) is 5.82 Å². The maximum absolute atomic E-state index is 13.6. The number of benzene rings is 1. The molecule has 2 rings (SSSR count). The lowest BCUT2D eigenvalue weighted by Crippen LogP contribution is -2.37. The van der Waals surface area contributed by atoms with Crippen LogP contribution >= 0.6 is 11.8 Å². The average molecular weight is 351 g/mol. The summed E-state index contributed by atoms with van der Waals surface area (Å²) >= 11 is 1.40. The quantitative estimate of drug-likeness (QED) is 0.826. The lowest BCUT2D eigenvalue weighted by atomic mass is 10.1. The first-order valence-corrected chi connectivity index (χ1v) is 8.98. The van der Waals surface area contributed by atoms with Crippen molar-refractivity contribution in [3.8, 4) is 11.4 Å². The van der Waals surface area contributed by atoms with Crippen molar-refractivity contribution < 1.29 is 13.7 Å². The average Bonchev–Trinajstić information content (AvgIpc) is 2.98. The summed E-state index contributed by atoms with van der Waals surface area (Å²) in [6, 6.07) is 4.96. The number of nitrogens with one attached hydrogen (secondary N) is 1. The Bertz CT molecular complexity index is 703. The molecule has 1 amide bonds. The van der Waals surface area contributed by atoms with E-state index in [4.69, 9.17) is 4.52 Å². The number of hydrogen-bond acceptors (Lipinski definition) is 5. The second-order valence-corrected chi connectivity index (χ2v) is 7.05. The second-order valence-electron chi connectivity index (χ2n) is 6.07. The van der Waals surface area contributed by atoms with Crippen molar-refractivity contribution in [2.45, 2.75) is 39.5 Å². The highest BCUT2D eigenvalue weighted by Crippen LogP contribution is 2.20. The number of carbonyl (C=O) groups excluding carboxylic acids is 1. The van der Waals surface area contributed by atoms with Crippen molar-refractivity contribution in [2.24, 2.45) is 5.92 Å². The van der Waals surface area contributed by atoms with Crippen LogP contribution in [0.3, 0.4) is 0 Å². The molecule has 1 heterocycles. The Labute approximate surface area is 145 Å². The van der Waals surface area contributed by atoms with Crippen LogP contribution in [0.2, 0.25) is 0 Å². The number of amides is 1. The van der Waals surface area contributed by atoms with Crippen LogP contribution in [0, 0.1) is 18.7 Å². The van der Waals surface area contributed by atoms with Crippen LogP contribution in [0.15, 0.2) is 22.7 Å². The van der Waals surface area contributed by atoms with E-state index in [9.17, 15) is 9.18 Å². The van der Waals surface area contributed by atoms with Gasteiger partial charge in [-0.2, -0.15) is 4.98 Å². The van der Waals surface area contributed by atoms with E-state index in [1.807, 2.05) is 6.92 Å². The summed E-state index contributed by atoms with van der Waals surface area (Å²) in [6.07, 6.45) is 0. The molecule has 0 radical (unpaired) electrons. The monoisotopic (exact) mass is 351 g/mol. The van der Waals surface area contributed by atoms with Gasteiger partial charge in [0.15, 0.2) is 0 Å². The molecule has 1 aromatic heterocycles. The third kappa shape index (κ3) is 5.06. The summed E-state index contributed by atoms with van der Waals surface area (Å²) in [7, 11) is 0. The SMILES string of the molecule is Cc1ccc(-c2noc(CSCC(=O)NC(C)C(C)C)n2)cc1F.